The second-order valence-electron chi connectivity index (χ2n) is 10.5. The fraction of sp³-hybridized carbons (Fsp3) is 0.176. The fourth-order valence-corrected chi connectivity index (χ4v) is 6.18. The summed E-state index contributed by atoms with van der Waals surface area (Å²) >= 11 is 12.5. The van der Waals surface area contributed by atoms with Crippen LogP contribution in [0.1, 0.15) is 45.9 Å². The molecule has 1 aliphatic rings. The maximum Gasteiger partial charge on any atom is 0.174 e. The molecule has 7 heteroatoms. The van der Waals surface area contributed by atoms with Crippen molar-refractivity contribution >= 4 is 34.6 Å². The van der Waals surface area contributed by atoms with Crippen molar-refractivity contribution < 1.29 is 4.74 Å². The molecule has 5 aromatic rings. The predicted octanol–water partition coefficient (Wildman–Crippen LogP) is 8.73. The molecule has 3 aromatic carbocycles. The summed E-state index contributed by atoms with van der Waals surface area (Å²) in [5, 5.41) is 4.98. The number of hydrogen-bond acceptors (Lipinski definition) is 3. The molecule has 2 atom stereocenters. The Morgan fingerprint density at radius 3 is 2.24 bits per heavy atom. The van der Waals surface area contributed by atoms with Crippen molar-refractivity contribution in [1.82, 2.24) is 14.9 Å². The van der Waals surface area contributed by atoms with Crippen molar-refractivity contribution in [2.24, 2.45) is 0 Å². The molecule has 0 amide bonds. The molecule has 3 heterocycles. The molecule has 0 unspecified atom stereocenters. The Morgan fingerprint density at radius 1 is 0.854 bits per heavy atom. The van der Waals surface area contributed by atoms with Gasteiger partial charge in [0.2, 0.25) is 0 Å². The van der Waals surface area contributed by atoms with E-state index in [1.54, 1.807) is 0 Å². The quantitative estimate of drug-likeness (QED) is 0.204. The predicted molar refractivity (Wildman–Crippen MR) is 171 cm³/mol. The number of rotatable bonds is 6. The van der Waals surface area contributed by atoms with Crippen LogP contribution < -0.4 is 15.0 Å². The van der Waals surface area contributed by atoms with Gasteiger partial charge in [-0.25, -0.2) is 0 Å². The minimum Gasteiger partial charge on any atom is -0.457 e. The second kappa shape index (κ2) is 11.0. The molecular formula is C34H31ClN4OS. The lowest BCUT2D eigenvalue weighted by atomic mass is 9.96. The van der Waals surface area contributed by atoms with Gasteiger partial charge in [0.05, 0.1) is 17.8 Å². The molecule has 0 radical (unpaired) electrons. The van der Waals surface area contributed by atoms with Crippen molar-refractivity contribution in [1.29, 1.82) is 0 Å². The van der Waals surface area contributed by atoms with Crippen LogP contribution in [0.5, 0.6) is 11.5 Å². The third kappa shape index (κ3) is 5.09. The van der Waals surface area contributed by atoms with Gasteiger partial charge in [0.15, 0.2) is 5.11 Å². The number of nitrogens with one attached hydrogen (secondary N) is 1. The smallest absolute Gasteiger partial charge is 0.174 e. The van der Waals surface area contributed by atoms with E-state index in [1.807, 2.05) is 66.9 Å². The lowest BCUT2D eigenvalue weighted by Gasteiger charge is -2.28. The summed E-state index contributed by atoms with van der Waals surface area (Å²) < 4.78 is 8.38. The van der Waals surface area contributed by atoms with Gasteiger partial charge in [-0.3, -0.25) is 4.98 Å². The number of halogens is 1. The van der Waals surface area contributed by atoms with Crippen LogP contribution in [-0.2, 0) is 0 Å². The molecule has 1 N–H and O–H groups in total. The monoisotopic (exact) mass is 578 g/mol. The van der Waals surface area contributed by atoms with E-state index in [9.17, 15) is 0 Å². The first-order chi connectivity index (χ1) is 19.8. The second-order valence-corrected chi connectivity index (χ2v) is 11.2. The maximum absolute atomic E-state index is 6.53. The van der Waals surface area contributed by atoms with Crippen LogP contribution in [0.4, 0.5) is 5.69 Å². The first-order valence-electron chi connectivity index (χ1n) is 13.6. The Morgan fingerprint density at radius 2 is 1.56 bits per heavy atom. The summed E-state index contributed by atoms with van der Waals surface area (Å²) in [5.74, 6) is 1.57. The summed E-state index contributed by atoms with van der Waals surface area (Å²) in [7, 11) is 0. The zero-order valence-electron chi connectivity index (χ0n) is 23.4. The van der Waals surface area contributed by atoms with Crippen molar-refractivity contribution in [2.45, 2.75) is 39.8 Å². The summed E-state index contributed by atoms with van der Waals surface area (Å²) in [6.07, 6.45) is 1.83. The van der Waals surface area contributed by atoms with Crippen molar-refractivity contribution in [3.63, 3.8) is 0 Å². The van der Waals surface area contributed by atoms with E-state index < -0.39 is 0 Å². The van der Waals surface area contributed by atoms with E-state index in [2.05, 4.69) is 72.8 Å². The van der Waals surface area contributed by atoms with Gasteiger partial charge in [-0.15, -0.1) is 0 Å². The van der Waals surface area contributed by atoms with Crippen LogP contribution in [0.25, 0.3) is 5.69 Å². The summed E-state index contributed by atoms with van der Waals surface area (Å²) in [6, 6.07) is 30.2. The zero-order valence-corrected chi connectivity index (χ0v) is 25.0. The van der Waals surface area contributed by atoms with Crippen LogP contribution in [0, 0.1) is 27.7 Å². The van der Waals surface area contributed by atoms with Gasteiger partial charge in [0.1, 0.15) is 11.5 Å². The van der Waals surface area contributed by atoms with Gasteiger partial charge in [0, 0.05) is 34.0 Å². The van der Waals surface area contributed by atoms with E-state index in [0.717, 1.165) is 50.5 Å². The first kappa shape index (κ1) is 27.1. The Hall–Kier alpha value is -4.13. The molecule has 0 saturated carbocycles. The van der Waals surface area contributed by atoms with E-state index >= 15 is 0 Å². The number of aromatic nitrogens is 2. The molecule has 206 valence electrons. The van der Waals surface area contributed by atoms with E-state index in [-0.39, 0.29) is 12.1 Å². The van der Waals surface area contributed by atoms with Gasteiger partial charge in [0.25, 0.3) is 0 Å². The minimum absolute atomic E-state index is 0.124. The lowest BCUT2D eigenvalue weighted by Crippen LogP contribution is -2.29. The third-order valence-corrected chi connectivity index (χ3v) is 8.46. The summed E-state index contributed by atoms with van der Waals surface area (Å²) in [6.45, 7) is 8.42. The van der Waals surface area contributed by atoms with Crippen LogP contribution >= 0.6 is 23.8 Å². The highest BCUT2D eigenvalue weighted by Crippen LogP contribution is 2.44. The number of aryl methyl sites for hydroxylation is 2. The molecule has 41 heavy (non-hydrogen) atoms. The number of anilines is 1. The van der Waals surface area contributed by atoms with E-state index in [0.29, 0.717) is 5.11 Å². The minimum atomic E-state index is -0.137. The number of thiocarbonyl (C=S) groups is 1. The molecule has 0 spiro atoms. The average Bonchev–Trinajstić information content (AvgIpc) is 3.47. The van der Waals surface area contributed by atoms with Crippen LogP contribution in [0.15, 0.2) is 97.2 Å². The fourth-order valence-electron chi connectivity index (χ4n) is 5.66. The standard InChI is InChI=1S/C34H31ClN4OS/c1-21-11-15-26(16-12-21)40-27-17-13-25(14-18-27)39-33(32(37-34(39)41)30-9-5-6-19-36-30)28-20-22(2)38(24(28)4)31-10-7-8-29(35)23(31)3/h5-20,32-33H,1-4H3,(H,37,41)/t32-,33+/m0/s1. The first-order valence-corrected chi connectivity index (χ1v) is 14.4. The number of pyridine rings is 1. The summed E-state index contributed by atoms with van der Waals surface area (Å²) in [5.41, 5.74) is 8.66. The van der Waals surface area contributed by atoms with Crippen LogP contribution in [0.3, 0.4) is 0 Å². The van der Waals surface area contributed by atoms with Gasteiger partial charge >= 0.3 is 0 Å². The molecule has 0 aliphatic carbocycles. The Balaban J connectivity index is 1.42. The molecule has 6 rings (SSSR count). The third-order valence-electron chi connectivity index (χ3n) is 7.74. The van der Waals surface area contributed by atoms with Crippen molar-refractivity contribution in [2.75, 3.05) is 4.90 Å². The Labute approximate surface area is 251 Å². The molecular weight excluding hydrogens is 548 g/mol. The normalized spacial score (nSPS) is 16.6. The summed E-state index contributed by atoms with van der Waals surface area (Å²) in [4.78, 5) is 6.91. The maximum atomic E-state index is 6.53. The number of ether oxygens (including phenoxy) is 1. The van der Waals surface area contributed by atoms with Crippen molar-refractivity contribution in [3.05, 3.63) is 136 Å². The molecule has 1 saturated heterocycles. The highest BCUT2D eigenvalue weighted by Gasteiger charge is 2.42. The number of hydrogen-bond donors (Lipinski definition) is 1. The van der Waals surface area contributed by atoms with Gasteiger partial charge in [-0.1, -0.05) is 41.4 Å². The van der Waals surface area contributed by atoms with E-state index in [4.69, 9.17) is 33.5 Å². The van der Waals surface area contributed by atoms with Crippen molar-refractivity contribution in [3.8, 4) is 17.2 Å². The number of nitrogens with zero attached hydrogens (tertiary/aromatic N) is 3. The van der Waals surface area contributed by atoms with Crippen LogP contribution in [0.2, 0.25) is 5.02 Å². The van der Waals surface area contributed by atoms with E-state index in [1.165, 1.54) is 11.1 Å². The van der Waals surface area contributed by atoms with Gasteiger partial charge < -0.3 is 19.5 Å². The molecule has 1 aliphatic heterocycles. The van der Waals surface area contributed by atoms with Gasteiger partial charge in [-0.05, 0) is 118 Å². The van der Waals surface area contributed by atoms with Gasteiger partial charge in [-0.2, -0.15) is 0 Å². The topological polar surface area (TPSA) is 42.3 Å². The molecule has 5 nitrogen and oxygen atoms in total. The Bertz CT molecular complexity index is 1710. The zero-order chi connectivity index (χ0) is 28.7. The Kier molecular flexibility index (Phi) is 7.28. The number of benzene rings is 3. The molecule has 1 fully saturated rings. The molecule has 0 bridgehead atoms. The SMILES string of the molecule is Cc1ccc(Oc2ccc(N3C(=S)N[C@@H](c4ccccn4)[C@H]3c3cc(C)n(-c4cccc(Cl)c4C)c3C)cc2)cc1. The average molecular weight is 579 g/mol. The molecule has 2 aromatic heterocycles. The van der Waals surface area contributed by atoms with Crippen LogP contribution in [-0.4, -0.2) is 14.7 Å². The largest absolute Gasteiger partial charge is 0.457 e. The lowest BCUT2D eigenvalue weighted by molar-refractivity contribution is 0.482. The highest BCUT2D eigenvalue weighted by molar-refractivity contribution is 7.80. The highest BCUT2D eigenvalue weighted by atomic mass is 35.5.